The molecule has 3 aromatic heterocycles. The van der Waals surface area contributed by atoms with Crippen LogP contribution in [0.2, 0.25) is 0 Å². The number of fused-ring (bicyclic) bond motifs is 1. The van der Waals surface area contributed by atoms with Crippen LogP contribution in [-0.4, -0.2) is 25.6 Å². The molecule has 3 heterocycles. The number of carbonyl (C=O) groups is 1. The number of hydrogen-bond acceptors (Lipinski definition) is 5. The van der Waals surface area contributed by atoms with Crippen LogP contribution < -0.4 is 0 Å². The van der Waals surface area contributed by atoms with Gasteiger partial charge in [-0.1, -0.05) is 18.2 Å². The molecule has 4 aromatic rings. The van der Waals surface area contributed by atoms with Gasteiger partial charge in [0.2, 0.25) is 0 Å². The molecule has 1 unspecified atom stereocenters. The van der Waals surface area contributed by atoms with Crippen molar-refractivity contribution in [2.24, 2.45) is 0 Å². The maximum atomic E-state index is 13.7. The van der Waals surface area contributed by atoms with E-state index in [0.29, 0.717) is 22.5 Å². The second kappa shape index (κ2) is 6.72. The van der Waals surface area contributed by atoms with E-state index in [-0.39, 0.29) is 0 Å². The summed E-state index contributed by atoms with van der Waals surface area (Å²) in [5, 5.41) is 7.67. The standard InChI is InChI=1S/C19H13FN4O2/c20-15-5-3-4-13(10-15)18(16-6-1-2-9-21-16)26-19(25)14-7-8-17-23-22-12-24(17)11-14/h1-12,18H. The molecule has 0 aliphatic heterocycles. The van der Waals surface area contributed by atoms with Gasteiger partial charge in [-0.2, -0.15) is 0 Å². The van der Waals surface area contributed by atoms with Crippen molar-refractivity contribution < 1.29 is 13.9 Å². The van der Waals surface area contributed by atoms with E-state index in [1.54, 1.807) is 59.3 Å². The summed E-state index contributed by atoms with van der Waals surface area (Å²) in [7, 11) is 0. The molecule has 0 amide bonds. The number of hydrogen-bond donors (Lipinski definition) is 0. The third-order valence-electron chi connectivity index (χ3n) is 3.86. The lowest BCUT2D eigenvalue weighted by Crippen LogP contribution is -2.14. The third kappa shape index (κ3) is 3.14. The second-order valence-corrected chi connectivity index (χ2v) is 5.61. The number of carbonyl (C=O) groups excluding carboxylic acids is 1. The summed E-state index contributed by atoms with van der Waals surface area (Å²) in [5.41, 5.74) is 1.96. The highest BCUT2D eigenvalue weighted by Gasteiger charge is 2.22. The lowest BCUT2D eigenvalue weighted by Gasteiger charge is -2.18. The van der Waals surface area contributed by atoms with Gasteiger partial charge in [-0.15, -0.1) is 10.2 Å². The van der Waals surface area contributed by atoms with Crippen LogP contribution in [0.4, 0.5) is 4.39 Å². The zero-order valence-electron chi connectivity index (χ0n) is 13.5. The van der Waals surface area contributed by atoms with E-state index in [0.717, 1.165) is 0 Å². The number of ether oxygens (including phenoxy) is 1. The number of halogens is 1. The Hall–Kier alpha value is -3.61. The summed E-state index contributed by atoms with van der Waals surface area (Å²) in [6.45, 7) is 0. The molecule has 0 saturated carbocycles. The van der Waals surface area contributed by atoms with Crippen LogP contribution in [0, 0.1) is 5.82 Å². The molecule has 0 saturated heterocycles. The van der Waals surface area contributed by atoms with Gasteiger partial charge < -0.3 is 4.74 Å². The minimum atomic E-state index is -0.823. The molecule has 0 aliphatic carbocycles. The molecular weight excluding hydrogens is 335 g/mol. The quantitative estimate of drug-likeness (QED) is 0.530. The number of rotatable bonds is 4. The summed E-state index contributed by atoms with van der Waals surface area (Å²) in [6, 6.07) is 14.5. The minimum absolute atomic E-state index is 0.328. The van der Waals surface area contributed by atoms with Gasteiger partial charge in [0.15, 0.2) is 11.8 Å². The van der Waals surface area contributed by atoms with E-state index in [2.05, 4.69) is 15.2 Å². The van der Waals surface area contributed by atoms with E-state index in [9.17, 15) is 9.18 Å². The van der Waals surface area contributed by atoms with Crippen molar-refractivity contribution in [3.8, 4) is 0 Å². The predicted octanol–water partition coefficient (Wildman–Crippen LogP) is 3.21. The van der Waals surface area contributed by atoms with E-state index >= 15 is 0 Å². The van der Waals surface area contributed by atoms with Gasteiger partial charge in [-0.05, 0) is 36.4 Å². The van der Waals surface area contributed by atoms with Crippen LogP contribution in [0.3, 0.4) is 0 Å². The molecule has 0 N–H and O–H groups in total. The maximum absolute atomic E-state index is 13.7. The highest BCUT2D eigenvalue weighted by Crippen LogP contribution is 2.26. The molecule has 0 aliphatic rings. The summed E-state index contributed by atoms with van der Waals surface area (Å²) >= 11 is 0. The van der Waals surface area contributed by atoms with Gasteiger partial charge in [-0.25, -0.2) is 9.18 Å². The molecule has 1 atom stereocenters. The summed E-state index contributed by atoms with van der Waals surface area (Å²) in [5.74, 6) is -0.967. The van der Waals surface area contributed by atoms with Crippen LogP contribution in [0.5, 0.6) is 0 Å². The Kier molecular flexibility index (Phi) is 4.10. The largest absolute Gasteiger partial charge is 0.447 e. The Labute approximate surface area is 147 Å². The average Bonchev–Trinajstić information content (AvgIpc) is 3.14. The van der Waals surface area contributed by atoms with Gasteiger partial charge in [0.25, 0.3) is 0 Å². The summed E-state index contributed by atoms with van der Waals surface area (Å²) in [4.78, 5) is 16.9. The van der Waals surface area contributed by atoms with Crippen molar-refractivity contribution in [2.45, 2.75) is 6.10 Å². The Bertz CT molecular complexity index is 1070. The zero-order valence-corrected chi connectivity index (χ0v) is 13.5. The van der Waals surface area contributed by atoms with Crippen molar-refractivity contribution >= 4 is 11.6 Å². The SMILES string of the molecule is O=C(OC(c1cccc(F)c1)c1ccccn1)c1ccc2nncn2c1. The average molecular weight is 348 g/mol. The molecule has 0 bridgehead atoms. The molecule has 128 valence electrons. The predicted molar refractivity (Wildman–Crippen MR) is 90.9 cm³/mol. The summed E-state index contributed by atoms with van der Waals surface area (Å²) in [6.07, 6.45) is 3.85. The van der Waals surface area contributed by atoms with Crippen molar-refractivity contribution in [3.05, 3.63) is 96.0 Å². The maximum Gasteiger partial charge on any atom is 0.340 e. The van der Waals surface area contributed by atoms with Crippen LogP contribution in [0.15, 0.2) is 73.3 Å². The van der Waals surface area contributed by atoms with Crippen molar-refractivity contribution in [1.82, 2.24) is 19.6 Å². The lowest BCUT2D eigenvalue weighted by atomic mass is 10.1. The monoisotopic (exact) mass is 348 g/mol. The number of esters is 1. The van der Waals surface area contributed by atoms with Crippen molar-refractivity contribution in [2.75, 3.05) is 0 Å². The normalized spacial score (nSPS) is 12.0. The highest BCUT2D eigenvalue weighted by molar-refractivity contribution is 5.89. The first-order valence-electron chi connectivity index (χ1n) is 7.87. The fourth-order valence-corrected chi connectivity index (χ4v) is 2.62. The lowest BCUT2D eigenvalue weighted by molar-refractivity contribution is 0.0369. The van der Waals surface area contributed by atoms with Gasteiger partial charge in [0.1, 0.15) is 12.1 Å². The van der Waals surface area contributed by atoms with Crippen LogP contribution in [0.25, 0.3) is 5.65 Å². The molecular formula is C19H13FN4O2. The van der Waals surface area contributed by atoms with E-state index < -0.39 is 17.9 Å². The molecule has 1 aromatic carbocycles. The first-order chi connectivity index (χ1) is 12.7. The third-order valence-corrected chi connectivity index (χ3v) is 3.86. The number of benzene rings is 1. The Morgan fingerprint density at radius 2 is 2.04 bits per heavy atom. The fourth-order valence-electron chi connectivity index (χ4n) is 2.62. The number of pyridine rings is 2. The van der Waals surface area contributed by atoms with E-state index in [4.69, 9.17) is 4.74 Å². The Balaban J connectivity index is 1.68. The van der Waals surface area contributed by atoms with Crippen LogP contribution in [-0.2, 0) is 4.74 Å². The van der Waals surface area contributed by atoms with Crippen LogP contribution >= 0.6 is 0 Å². The van der Waals surface area contributed by atoms with Gasteiger partial charge in [0.05, 0.1) is 11.3 Å². The van der Waals surface area contributed by atoms with Crippen molar-refractivity contribution in [1.29, 1.82) is 0 Å². The van der Waals surface area contributed by atoms with E-state index in [1.807, 2.05) is 0 Å². The Morgan fingerprint density at radius 1 is 1.12 bits per heavy atom. The topological polar surface area (TPSA) is 69.4 Å². The molecule has 0 fully saturated rings. The summed E-state index contributed by atoms with van der Waals surface area (Å²) < 4.78 is 21.0. The van der Waals surface area contributed by atoms with E-state index in [1.165, 1.54) is 18.5 Å². The molecule has 7 heteroatoms. The van der Waals surface area contributed by atoms with Gasteiger partial charge >= 0.3 is 5.97 Å². The highest BCUT2D eigenvalue weighted by atomic mass is 19.1. The fraction of sp³-hybridized carbons (Fsp3) is 0.0526. The molecule has 0 spiro atoms. The molecule has 0 radical (unpaired) electrons. The number of aromatic nitrogens is 4. The second-order valence-electron chi connectivity index (χ2n) is 5.61. The minimum Gasteiger partial charge on any atom is -0.447 e. The van der Waals surface area contributed by atoms with Gasteiger partial charge in [0, 0.05) is 18.0 Å². The van der Waals surface area contributed by atoms with Crippen LogP contribution in [0.1, 0.15) is 27.7 Å². The van der Waals surface area contributed by atoms with Gasteiger partial charge in [-0.3, -0.25) is 9.38 Å². The first kappa shape index (κ1) is 15.9. The Morgan fingerprint density at radius 3 is 2.85 bits per heavy atom. The molecule has 6 nitrogen and oxygen atoms in total. The van der Waals surface area contributed by atoms with Crippen molar-refractivity contribution in [3.63, 3.8) is 0 Å². The number of nitrogens with zero attached hydrogens (tertiary/aromatic N) is 4. The zero-order chi connectivity index (χ0) is 17.9. The smallest absolute Gasteiger partial charge is 0.340 e. The first-order valence-corrected chi connectivity index (χ1v) is 7.87. The molecule has 4 rings (SSSR count). The molecule has 26 heavy (non-hydrogen) atoms.